The number of nitrogens with one attached hydrogen (secondary N) is 1. The van der Waals surface area contributed by atoms with Gasteiger partial charge in [-0.1, -0.05) is 13.8 Å². The van der Waals surface area contributed by atoms with Crippen LogP contribution in [0.1, 0.15) is 51.6 Å². The number of hydrogen-bond acceptors (Lipinski definition) is 3. The predicted molar refractivity (Wildman–Crippen MR) is 77.1 cm³/mol. The van der Waals surface area contributed by atoms with Crippen LogP contribution in [0.25, 0.3) is 0 Å². The van der Waals surface area contributed by atoms with Crippen LogP contribution in [0.3, 0.4) is 0 Å². The zero-order valence-electron chi connectivity index (χ0n) is 12.4. The maximum Gasteiger partial charge on any atom is 0.0551 e. The Morgan fingerprint density at radius 3 is 2.95 bits per heavy atom. The third-order valence-corrected chi connectivity index (χ3v) is 3.78. The quantitative estimate of drug-likeness (QED) is 0.824. The number of nitrogens with zero attached hydrogens (tertiary/aromatic N) is 2. The topological polar surface area (TPSA) is 39.1 Å². The van der Waals surface area contributed by atoms with Crippen molar-refractivity contribution in [1.29, 1.82) is 0 Å². The average Bonchev–Trinajstić information content (AvgIpc) is 3.01. The van der Waals surface area contributed by atoms with Crippen LogP contribution in [0.2, 0.25) is 0 Å². The van der Waals surface area contributed by atoms with Gasteiger partial charge in [0.2, 0.25) is 0 Å². The van der Waals surface area contributed by atoms with Crippen LogP contribution >= 0.6 is 0 Å². The Morgan fingerprint density at radius 2 is 2.32 bits per heavy atom. The summed E-state index contributed by atoms with van der Waals surface area (Å²) in [5.41, 5.74) is 1.31. The largest absolute Gasteiger partial charge is 0.378 e. The maximum atomic E-state index is 5.73. The highest BCUT2D eigenvalue weighted by Crippen LogP contribution is 2.31. The van der Waals surface area contributed by atoms with Crippen molar-refractivity contribution in [1.82, 2.24) is 15.1 Å². The average molecular weight is 265 g/mol. The molecule has 0 radical (unpaired) electrons. The molecule has 1 N–H and O–H groups in total. The zero-order chi connectivity index (χ0) is 13.7. The summed E-state index contributed by atoms with van der Waals surface area (Å²) in [5.74, 6) is 0.570. The van der Waals surface area contributed by atoms with E-state index in [-0.39, 0.29) is 0 Å². The lowest BCUT2D eigenvalue weighted by Gasteiger charge is -2.22. The molecule has 0 saturated carbocycles. The van der Waals surface area contributed by atoms with Crippen molar-refractivity contribution in [3.63, 3.8) is 0 Å². The Hall–Kier alpha value is -0.870. The van der Waals surface area contributed by atoms with E-state index in [1.165, 1.54) is 5.56 Å². The Balaban J connectivity index is 2.06. The minimum atomic E-state index is 0.385. The third kappa shape index (κ3) is 3.80. The van der Waals surface area contributed by atoms with Crippen molar-refractivity contribution in [3.8, 4) is 0 Å². The van der Waals surface area contributed by atoms with Crippen LogP contribution in [0.15, 0.2) is 12.4 Å². The molecule has 0 aromatic carbocycles. The van der Waals surface area contributed by atoms with Crippen molar-refractivity contribution in [2.24, 2.45) is 5.92 Å². The summed E-state index contributed by atoms with van der Waals surface area (Å²) in [6, 6.07) is 0.385. The molecule has 4 nitrogen and oxygen atoms in total. The molecule has 1 saturated heterocycles. The Morgan fingerprint density at radius 1 is 1.47 bits per heavy atom. The fourth-order valence-electron chi connectivity index (χ4n) is 2.83. The van der Waals surface area contributed by atoms with E-state index in [4.69, 9.17) is 4.74 Å². The van der Waals surface area contributed by atoms with Crippen molar-refractivity contribution in [3.05, 3.63) is 18.0 Å². The molecule has 3 unspecified atom stereocenters. The van der Waals surface area contributed by atoms with Gasteiger partial charge in [-0.3, -0.25) is 4.68 Å². The van der Waals surface area contributed by atoms with Crippen LogP contribution in [0.5, 0.6) is 0 Å². The summed E-state index contributed by atoms with van der Waals surface area (Å²) < 4.78 is 7.79. The molecule has 1 aliphatic rings. The number of rotatable bonds is 7. The summed E-state index contributed by atoms with van der Waals surface area (Å²) >= 11 is 0. The van der Waals surface area contributed by atoms with E-state index >= 15 is 0 Å². The minimum absolute atomic E-state index is 0.385. The Kier molecular flexibility index (Phi) is 5.40. The van der Waals surface area contributed by atoms with Gasteiger partial charge in [0.25, 0.3) is 0 Å². The van der Waals surface area contributed by atoms with Crippen LogP contribution in [-0.2, 0) is 11.3 Å². The third-order valence-electron chi connectivity index (χ3n) is 3.78. The molecule has 2 rings (SSSR count). The van der Waals surface area contributed by atoms with E-state index < -0.39 is 0 Å². The van der Waals surface area contributed by atoms with Gasteiger partial charge < -0.3 is 10.1 Å². The second-order valence-electron chi connectivity index (χ2n) is 5.61. The van der Waals surface area contributed by atoms with E-state index in [1.807, 2.05) is 6.20 Å². The van der Waals surface area contributed by atoms with E-state index in [0.717, 1.165) is 39.0 Å². The summed E-state index contributed by atoms with van der Waals surface area (Å²) in [6.07, 6.45) is 8.02. The number of hydrogen-bond donors (Lipinski definition) is 1. The van der Waals surface area contributed by atoms with Crippen molar-refractivity contribution >= 4 is 0 Å². The fraction of sp³-hybridized carbons (Fsp3) is 0.800. The van der Waals surface area contributed by atoms with Crippen molar-refractivity contribution in [2.45, 2.75) is 58.7 Å². The standard InChI is InChI=1S/C15H27N3O/c1-4-6-16-15(13-8-12(3)19-11-13)14-9-17-18(10-14)7-5-2/h9-10,12-13,15-16H,4-8,11H2,1-3H3. The molecule has 0 bridgehead atoms. The first kappa shape index (κ1) is 14.5. The Labute approximate surface area is 116 Å². The monoisotopic (exact) mass is 265 g/mol. The molecule has 0 aliphatic carbocycles. The molecular weight excluding hydrogens is 238 g/mol. The fourth-order valence-corrected chi connectivity index (χ4v) is 2.83. The van der Waals surface area contributed by atoms with Gasteiger partial charge in [0.05, 0.1) is 18.9 Å². The molecule has 1 aromatic rings. The van der Waals surface area contributed by atoms with Crippen LogP contribution in [0.4, 0.5) is 0 Å². The first-order chi connectivity index (χ1) is 9.24. The smallest absolute Gasteiger partial charge is 0.0551 e. The number of ether oxygens (including phenoxy) is 1. The van der Waals surface area contributed by atoms with E-state index in [2.05, 4.69) is 42.1 Å². The highest BCUT2D eigenvalue weighted by atomic mass is 16.5. The maximum absolute atomic E-state index is 5.73. The lowest BCUT2D eigenvalue weighted by atomic mass is 9.92. The van der Waals surface area contributed by atoms with Crippen LogP contribution < -0.4 is 5.32 Å². The lowest BCUT2D eigenvalue weighted by Crippen LogP contribution is -2.29. The van der Waals surface area contributed by atoms with Gasteiger partial charge in [-0.05, 0) is 32.7 Å². The first-order valence-electron chi connectivity index (χ1n) is 7.61. The first-order valence-corrected chi connectivity index (χ1v) is 7.61. The SMILES string of the molecule is CCCNC(c1cnn(CCC)c1)C1COC(C)C1. The van der Waals surface area contributed by atoms with Gasteiger partial charge in [-0.2, -0.15) is 5.10 Å². The van der Waals surface area contributed by atoms with E-state index in [9.17, 15) is 0 Å². The van der Waals surface area contributed by atoms with E-state index in [1.54, 1.807) is 0 Å². The molecule has 3 atom stereocenters. The van der Waals surface area contributed by atoms with Gasteiger partial charge in [-0.25, -0.2) is 0 Å². The van der Waals surface area contributed by atoms with Gasteiger partial charge >= 0.3 is 0 Å². The van der Waals surface area contributed by atoms with E-state index in [0.29, 0.717) is 18.1 Å². The lowest BCUT2D eigenvalue weighted by molar-refractivity contribution is 0.117. The summed E-state index contributed by atoms with van der Waals surface area (Å²) in [5, 5.41) is 8.13. The predicted octanol–water partition coefficient (Wildman–Crippen LogP) is 2.76. The highest BCUT2D eigenvalue weighted by molar-refractivity contribution is 5.12. The summed E-state index contributed by atoms with van der Waals surface area (Å²) in [6.45, 7) is 9.46. The molecule has 19 heavy (non-hydrogen) atoms. The molecule has 1 aliphatic heterocycles. The number of aryl methyl sites for hydroxylation is 1. The van der Waals surface area contributed by atoms with Gasteiger partial charge in [0, 0.05) is 30.3 Å². The Bertz CT molecular complexity index is 377. The molecule has 1 aromatic heterocycles. The normalized spacial score (nSPS) is 24.8. The summed E-state index contributed by atoms with van der Waals surface area (Å²) in [4.78, 5) is 0. The zero-order valence-corrected chi connectivity index (χ0v) is 12.4. The molecule has 4 heteroatoms. The minimum Gasteiger partial charge on any atom is -0.378 e. The molecule has 2 heterocycles. The van der Waals surface area contributed by atoms with Crippen LogP contribution in [-0.4, -0.2) is 29.0 Å². The van der Waals surface area contributed by atoms with Gasteiger partial charge in [0.15, 0.2) is 0 Å². The summed E-state index contributed by atoms with van der Waals surface area (Å²) in [7, 11) is 0. The van der Waals surface area contributed by atoms with Crippen molar-refractivity contribution < 1.29 is 4.74 Å². The van der Waals surface area contributed by atoms with Crippen molar-refractivity contribution in [2.75, 3.05) is 13.2 Å². The molecule has 0 amide bonds. The molecule has 108 valence electrons. The van der Waals surface area contributed by atoms with Crippen LogP contribution in [0, 0.1) is 5.92 Å². The molecule has 0 spiro atoms. The molecule has 1 fully saturated rings. The second kappa shape index (κ2) is 7.06. The second-order valence-corrected chi connectivity index (χ2v) is 5.61. The highest BCUT2D eigenvalue weighted by Gasteiger charge is 2.30. The number of aromatic nitrogens is 2. The van der Waals surface area contributed by atoms with Gasteiger partial charge in [-0.15, -0.1) is 0 Å². The molecular formula is C15H27N3O. The van der Waals surface area contributed by atoms with Gasteiger partial charge in [0.1, 0.15) is 0 Å².